The maximum atomic E-state index is 2.43. The van der Waals surface area contributed by atoms with Crippen molar-refractivity contribution in [2.24, 2.45) is 0 Å². The molecule has 9 rings (SSSR count). The Morgan fingerprint density at radius 2 is 1.24 bits per heavy atom. The molecule has 0 saturated carbocycles. The maximum absolute atomic E-state index is 2.43. The van der Waals surface area contributed by atoms with Crippen LogP contribution in [0.15, 0.2) is 188 Å². The van der Waals surface area contributed by atoms with Gasteiger partial charge in [0.15, 0.2) is 0 Å². The summed E-state index contributed by atoms with van der Waals surface area (Å²) in [5.74, 6) is 0.444. The van der Waals surface area contributed by atoms with Gasteiger partial charge in [-0.3, -0.25) is 0 Å². The summed E-state index contributed by atoms with van der Waals surface area (Å²) in [7, 11) is 2.20. The van der Waals surface area contributed by atoms with Crippen molar-refractivity contribution in [3.05, 3.63) is 199 Å². The van der Waals surface area contributed by atoms with Gasteiger partial charge < -0.3 is 9.47 Å². The molecule has 2 aliphatic carbocycles. The molecule has 7 aromatic rings. The molecule has 0 aliphatic heterocycles. The lowest BCUT2D eigenvalue weighted by atomic mass is 9.92. The van der Waals surface area contributed by atoms with E-state index in [2.05, 4.69) is 199 Å². The summed E-state index contributed by atoms with van der Waals surface area (Å²) in [6.45, 7) is 0. The third-order valence-electron chi connectivity index (χ3n) is 10.7. The molecule has 0 N–H and O–H groups in total. The van der Waals surface area contributed by atoms with Gasteiger partial charge in [-0.15, -0.1) is 0 Å². The zero-order valence-electron chi connectivity index (χ0n) is 28.9. The molecule has 0 radical (unpaired) electrons. The fourth-order valence-corrected chi connectivity index (χ4v) is 7.90. The normalized spacial score (nSPS) is 15.6. The molecule has 0 spiro atoms. The minimum Gasteiger partial charge on any atom is -0.348 e. The summed E-state index contributed by atoms with van der Waals surface area (Å²) in [4.78, 5) is 2.36. The third-order valence-corrected chi connectivity index (χ3v) is 10.7. The van der Waals surface area contributed by atoms with Gasteiger partial charge in [0, 0.05) is 46.4 Å². The van der Waals surface area contributed by atoms with E-state index in [-0.39, 0.29) is 0 Å². The first kappa shape index (κ1) is 30.9. The number of benzene rings is 6. The predicted molar refractivity (Wildman–Crippen MR) is 217 cm³/mol. The van der Waals surface area contributed by atoms with E-state index in [0.29, 0.717) is 5.92 Å². The van der Waals surface area contributed by atoms with E-state index in [4.69, 9.17) is 0 Å². The van der Waals surface area contributed by atoms with Crippen LogP contribution in [0.1, 0.15) is 36.3 Å². The number of rotatable bonds is 7. The van der Waals surface area contributed by atoms with Crippen LogP contribution in [0, 0.1) is 0 Å². The number of para-hydroxylation sites is 1. The number of fused-ring (bicyclic) bond motifs is 3. The van der Waals surface area contributed by atoms with Crippen LogP contribution in [0.2, 0.25) is 0 Å². The molecule has 0 fully saturated rings. The summed E-state index contributed by atoms with van der Waals surface area (Å²) >= 11 is 0. The van der Waals surface area contributed by atoms with Crippen molar-refractivity contribution >= 4 is 33.1 Å². The highest BCUT2D eigenvalue weighted by molar-refractivity contribution is 6.10. The van der Waals surface area contributed by atoms with E-state index < -0.39 is 0 Å². The van der Waals surface area contributed by atoms with Crippen molar-refractivity contribution in [3.8, 4) is 27.9 Å². The molecule has 0 bridgehead atoms. The Morgan fingerprint density at radius 1 is 0.569 bits per heavy atom. The van der Waals surface area contributed by atoms with Crippen LogP contribution >= 0.6 is 0 Å². The molecule has 1 heterocycles. The summed E-state index contributed by atoms with van der Waals surface area (Å²) < 4.78 is 2.43. The van der Waals surface area contributed by atoms with Crippen LogP contribution in [-0.2, 0) is 0 Å². The minimum atomic E-state index is 0.444. The average Bonchev–Trinajstić information content (AvgIpc) is 3.55. The first-order valence-corrected chi connectivity index (χ1v) is 18.1. The fraction of sp³-hybridized carbons (Fsp3) is 0.102. The largest absolute Gasteiger partial charge is 0.348 e. The van der Waals surface area contributed by atoms with Gasteiger partial charge in [-0.2, -0.15) is 0 Å². The Balaban J connectivity index is 1.04. The minimum absolute atomic E-state index is 0.444. The molecule has 0 amide bonds. The van der Waals surface area contributed by atoms with Crippen molar-refractivity contribution in [1.29, 1.82) is 0 Å². The SMILES string of the molecule is CN(C1=C(c2ccc(-c3ccc4c5ccccc5n(-c5ccc(C6C=CC=CC6)cc5)c4c3)cc2)C=CCC1)c1ccc(-c2ccccc2)cc1. The Bertz CT molecular complexity index is 2470. The number of anilines is 1. The maximum Gasteiger partial charge on any atom is 0.0547 e. The summed E-state index contributed by atoms with van der Waals surface area (Å²) in [5.41, 5.74) is 15.0. The van der Waals surface area contributed by atoms with E-state index in [1.807, 2.05) is 0 Å². The molecule has 0 saturated heterocycles. The lowest BCUT2D eigenvalue weighted by Crippen LogP contribution is -2.19. The summed E-state index contributed by atoms with van der Waals surface area (Å²) in [6, 6.07) is 53.6. The van der Waals surface area contributed by atoms with Crippen molar-refractivity contribution < 1.29 is 0 Å². The molecular formula is C49H40N2. The molecule has 2 heteroatoms. The molecule has 51 heavy (non-hydrogen) atoms. The van der Waals surface area contributed by atoms with E-state index in [1.165, 1.54) is 77.8 Å². The smallest absolute Gasteiger partial charge is 0.0547 e. The predicted octanol–water partition coefficient (Wildman–Crippen LogP) is 12.9. The highest BCUT2D eigenvalue weighted by Gasteiger charge is 2.18. The monoisotopic (exact) mass is 656 g/mol. The van der Waals surface area contributed by atoms with Crippen LogP contribution < -0.4 is 4.90 Å². The van der Waals surface area contributed by atoms with Crippen molar-refractivity contribution in [2.75, 3.05) is 11.9 Å². The van der Waals surface area contributed by atoms with Gasteiger partial charge in [-0.05, 0) is 89.0 Å². The van der Waals surface area contributed by atoms with Gasteiger partial charge in [-0.1, -0.05) is 146 Å². The van der Waals surface area contributed by atoms with Crippen LogP contribution in [0.4, 0.5) is 5.69 Å². The van der Waals surface area contributed by atoms with E-state index in [0.717, 1.165) is 19.3 Å². The zero-order chi connectivity index (χ0) is 34.1. The Labute approximate surface area is 300 Å². The second-order valence-corrected chi connectivity index (χ2v) is 13.7. The van der Waals surface area contributed by atoms with Crippen LogP contribution in [-0.4, -0.2) is 11.6 Å². The van der Waals surface area contributed by atoms with Crippen LogP contribution in [0.3, 0.4) is 0 Å². The van der Waals surface area contributed by atoms with E-state index >= 15 is 0 Å². The average molecular weight is 657 g/mol. The molecule has 6 aromatic carbocycles. The number of nitrogens with zero attached hydrogens (tertiary/aromatic N) is 2. The van der Waals surface area contributed by atoms with Gasteiger partial charge in [0.2, 0.25) is 0 Å². The Morgan fingerprint density at radius 3 is 2.02 bits per heavy atom. The van der Waals surface area contributed by atoms with Crippen LogP contribution in [0.5, 0.6) is 0 Å². The van der Waals surface area contributed by atoms with Crippen molar-refractivity contribution in [1.82, 2.24) is 4.57 Å². The van der Waals surface area contributed by atoms with Gasteiger partial charge in [0.1, 0.15) is 0 Å². The standard InChI is InChI=1S/C49H40N2/c1-50(42-29-24-37(25-30-42)35-12-4-2-5-13-35)47-18-10-8-16-44(47)40-22-20-39(21-23-40)41-28-33-46-45-17-9-11-19-48(45)51(49(46)34-41)43-31-26-38(27-32-43)36-14-6-3-7-15-36/h2-9,11-14,16-17,19-34,36H,10,15,18H2,1H3. The first-order chi connectivity index (χ1) is 25.2. The molecule has 1 aromatic heterocycles. The molecule has 1 unspecified atom stereocenters. The highest BCUT2D eigenvalue weighted by Crippen LogP contribution is 2.37. The number of aromatic nitrogens is 1. The lowest BCUT2D eigenvalue weighted by Gasteiger charge is -2.27. The van der Waals surface area contributed by atoms with Crippen molar-refractivity contribution in [2.45, 2.75) is 25.2 Å². The van der Waals surface area contributed by atoms with E-state index in [9.17, 15) is 0 Å². The topological polar surface area (TPSA) is 8.17 Å². The van der Waals surface area contributed by atoms with Gasteiger partial charge in [-0.25, -0.2) is 0 Å². The van der Waals surface area contributed by atoms with Gasteiger partial charge in [0.05, 0.1) is 11.0 Å². The van der Waals surface area contributed by atoms with Gasteiger partial charge >= 0.3 is 0 Å². The first-order valence-electron chi connectivity index (χ1n) is 18.1. The third kappa shape index (κ3) is 5.83. The molecule has 2 aliphatic rings. The fourth-order valence-electron chi connectivity index (χ4n) is 7.90. The van der Waals surface area contributed by atoms with Gasteiger partial charge in [0.25, 0.3) is 0 Å². The summed E-state index contributed by atoms with van der Waals surface area (Å²) in [5, 5.41) is 2.55. The molecule has 246 valence electrons. The zero-order valence-corrected chi connectivity index (χ0v) is 28.9. The lowest BCUT2D eigenvalue weighted by molar-refractivity contribution is 0.853. The Kier molecular flexibility index (Phi) is 8.06. The molecular weight excluding hydrogens is 617 g/mol. The van der Waals surface area contributed by atoms with Crippen LogP contribution in [0.25, 0.3) is 55.3 Å². The van der Waals surface area contributed by atoms with E-state index in [1.54, 1.807) is 0 Å². The highest BCUT2D eigenvalue weighted by atomic mass is 15.1. The summed E-state index contributed by atoms with van der Waals surface area (Å²) in [6.07, 6.45) is 16.6. The quantitative estimate of drug-likeness (QED) is 0.166. The molecule has 2 nitrogen and oxygen atoms in total. The number of allylic oxidation sites excluding steroid dienone is 8. The second-order valence-electron chi connectivity index (χ2n) is 13.7. The Hall–Kier alpha value is -6.12. The van der Waals surface area contributed by atoms with Crippen molar-refractivity contribution in [3.63, 3.8) is 0 Å². The number of hydrogen-bond donors (Lipinski definition) is 0. The molecule has 1 atom stereocenters. The second kappa shape index (κ2) is 13.3. The number of hydrogen-bond acceptors (Lipinski definition) is 1.